The van der Waals surface area contributed by atoms with Crippen molar-refractivity contribution in [1.82, 2.24) is 0 Å². The molecule has 0 saturated carbocycles. The van der Waals surface area contributed by atoms with Gasteiger partial charge in [-0.3, -0.25) is 9.42 Å². The third-order valence-corrected chi connectivity index (χ3v) is 2.93. The summed E-state index contributed by atoms with van der Waals surface area (Å²) in [6, 6.07) is 0. The zero-order valence-electron chi connectivity index (χ0n) is 11.0. The van der Waals surface area contributed by atoms with Crippen LogP contribution in [0, 0.1) is 0 Å². The van der Waals surface area contributed by atoms with Crippen LogP contribution in [0.15, 0.2) is 42.9 Å². The summed E-state index contributed by atoms with van der Waals surface area (Å²) in [5, 5.41) is 0. The molecule has 0 aliphatic carbocycles. The maximum atomic E-state index is 11.4. The molecule has 0 heterocycles. The summed E-state index contributed by atoms with van der Waals surface area (Å²) < 4.78 is 20.7. The van der Waals surface area contributed by atoms with Gasteiger partial charge in [-0.1, -0.05) is 43.4 Å². The largest absolute Gasteiger partial charge is 0.527 e. The topological polar surface area (TPSA) is 81.8 Å². The van der Waals surface area contributed by atoms with Crippen LogP contribution in [-0.2, 0) is 13.6 Å². The molecule has 19 heavy (non-hydrogen) atoms. The molecule has 0 amide bonds. The molecule has 108 valence electrons. The second-order valence-electron chi connectivity index (χ2n) is 3.68. The van der Waals surface area contributed by atoms with Gasteiger partial charge in [-0.15, -0.1) is 0 Å². The van der Waals surface area contributed by atoms with E-state index in [1.165, 1.54) is 6.08 Å². The fraction of sp³-hybridized carbons (Fsp3) is 0.462. The summed E-state index contributed by atoms with van der Waals surface area (Å²) in [4.78, 5) is 9.29. The van der Waals surface area contributed by atoms with Crippen LogP contribution in [-0.4, -0.2) is 18.0 Å². The molecule has 5 nitrogen and oxygen atoms in total. The van der Waals surface area contributed by atoms with E-state index in [0.717, 1.165) is 25.5 Å². The van der Waals surface area contributed by atoms with E-state index < -0.39 is 7.82 Å². The van der Waals surface area contributed by atoms with Crippen LogP contribution in [0.4, 0.5) is 0 Å². The minimum absolute atomic E-state index is 0.187. The van der Waals surface area contributed by atoms with Gasteiger partial charge in [-0.25, -0.2) is 4.57 Å². The van der Waals surface area contributed by atoms with Crippen LogP contribution < -0.4 is 5.73 Å². The van der Waals surface area contributed by atoms with Crippen molar-refractivity contribution in [2.24, 2.45) is 5.73 Å². The standard InChI is InChI=1S/C13H22NO4P/c1-2-3-4-6-9-12-17-19(15,16)18-13-10-7-5-8-11-14/h2-4,6,12H,1,5,7-8,10-11,13-14H2,(H,15,16)/b4-3+. The first-order valence-corrected chi connectivity index (χ1v) is 7.66. The zero-order valence-corrected chi connectivity index (χ0v) is 11.9. The lowest BCUT2D eigenvalue weighted by Gasteiger charge is -2.09. The lowest BCUT2D eigenvalue weighted by Crippen LogP contribution is -1.99. The minimum atomic E-state index is -4.01. The summed E-state index contributed by atoms with van der Waals surface area (Å²) in [6.07, 6.45) is 11.0. The van der Waals surface area contributed by atoms with Crippen molar-refractivity contribution >= 4 is 7.82 Å². The summed E-state index contributed by atoms with van der Waals surface area (Å²) in [7, 11) is -4.01. The van der Waals surface area contributed by atoms with Gasteiger partial charge in [0.1, 0.15) is 6.26 Å². The van der Waals surface area contributed by atoms with Crippen LogP contribution in [0.1, 0.15) is 25.7 Å². The van der Waals surface area contributed by atoms with Gasteiger partial charge in [-0.2, -0.15) is 0 Å². The predicted molar refractivity (Wildman–Crippen MR) is 76.4 cm³/mol. The monoisotopic (exact) mass is 287 g/mol. The average Bonchev–Trinajstić information content (AvgIpc) is 2.38. The van der Waals surface area contributed by atoms with Gasteiger partial charge in [0.15, 0.2) is 0 Å². The fourth-order valence-electron chi connectivity index (χ4n) is 1.14. The van der Waals surface area contributed by atoms with Crippen molar-refractivity contribution in [3.8, 4) is 0 Å². The molecule has 0 spiro atoms. The lowest BCUT2D eigenvalue weighted by atomic mass is 10.2. The Kier molecular flexibility index (Phi) is 11.3. The van der Waals surface area contributed by atoms with Crippen LogP contribution in [0.2, 0.25) is 0 Å². The molecule has 6 heteroatoms. The second-order valence-corrected chi connectivity index (χ2v) is 5.09. The number of hydrogen-bond donors (Lipinski definition) is 2. The number of allylic oxidation sites excluding steroid dienone is 4. The molecule has 1 unspecified atom stereocenters. The molecule has 0 fully saturated rings. The number of phosphoric acid groups is 1. The number of hydrogen-bond acceptors (Lipinski definition) is 4. The van der Waals surface area contributed by atoms with Gasteiger partial charge < -0.3 is 10.3 Å². The highest BCUT2D eigenvalue weighted by molar-refractivity contribution is 7.47. The van der Waals surface area contributed by atoms with Gasteiger partial charge in [0.05, 0.1) is 6.61 Å². The zero-order chi connectivity index (χ0) is 14.4. The Morgan fingerprint density at radius 3 is 2.68 bits per heavy atom. The van der Waals surface area contributed by atoms with E-state index in [4.69, 9.17) is 10.3 Å². The molecule has 0 aromatic heterocycles. The molecule has 0 aliphatic heterocycles. The lowest BCUT2D eigenvalue weighted by molar-refractivity contribution is 0.184. The van der Waals surface area contributed by atoms with Crippen molar-refractivity contribution in [2.45, 2.75) is 25.7 Å². The quantitative estimate of drug-likeness (QED) is 0.201. The SMILES string of the molecule is C=C/C=C/C=C=COP(=O)(O)OCCCCCCN. The number of phosphoric ester groups is 1. The van der Waals surface area contributed by atoms with Gasteiger partial charge in [-0.05, 0) is 25.5 Å². The molecule has 0 saturated heterocycles. The van der Waals surface area contributed by atoms with Crippen LogP contribution in [0.5, 0.6) is 0 Å². The summed E-state index contributed by atoms with van der Waals surface area (Å²) in [5.41, 5.74) is 7.91. The first-order chi connectivity index (χ1) is 9.12. The van der Waals surface area contributed by atoms with Gasteiger partial charge in [0.2, 0.25) is 0 Å². The van der Waals surface area contributed by atoms with Gasteiger partial charge in [0, 0.05) is 0 Å². The summed E-state index contributed by atoms with van der Waals surface area (Å²) in [5.74, 6) is 0. The summed E-state index contributed by atoms with van der Waals surface area (Å²) in [6.45, 7) is 4.34. The van der Waals surface area contributed by atoms with Crippen LogP contribution >= 0.6 is 7.82 Å². The first kappa shape index (κ1) is 17.9. The molecule has 0 aliphatic rings. The number of unbranched alkanes of at least 4 members (excludes halogenated alkanes) is 3. The maximum Gasteiger partial charge on any atom is 0.527 e. The molecular weight excluding hydrogens is 265 g/mol. The van der Waals surface area contributed by atoms with Gasteiger partial charge in [0.25, 0.3) is 0 Å². The number of rotatable bonds is 11. The first-order valence-electron chi connectivity index (χ1n) is 6.17. The Hall–Kier alpha value is -1.09. The third-order valence-electron chi connectivity index (χ3n) is 2.05. The van der Waals surface area contributed by atoms with E-state index in [1.807, 2.05) is 0 Å². The predicted octanol–water partition coefficient (Wildman–Crippen LogP) is 3.05. The molecule has 0 radical (unpaired) electrons. The molecule has 0 rings (SSSR count). The highest BCUT2D eigenvalue weighted by Gasteiger charge is 2.19. The van der Waals surface area contributed by atoms with E-state index in [2.05, 4.69) is 16.8 Å². The van der Waals surface area contributed by atoms with E-state index in [0.29, 0.717) is 13.0 Å². The van der Waals surface area contributed by atoms with Crippen LogP contribution in [0.25, 0.3) is 0 Å². The Morgan fingerprint density at radius 2 is 2.00 bits per heavy atom. The second kappa shape index (κ2) is 12.0. The fourth-order valence-corrected chi connectivity index (χ4v) is 1.75. The highest BCUT2D eigenvalue weighted by Crippen LogP contribution is 2.43. The van der Waals surface area contributed by atoms with E-state index in [9.17, 15) is 9.46 Å². The number of nitrogens with two attached hydrogens (primary N) is 1. The molecule has 0 bridgehead atoms. The Labute approximate surface area is 114 Å². The molecule has 3 N–H and O–H groups in total. The smallest absolute Gasteiger partial charge is 0.404 e. The third kappa shape index (κ3) is 13.1. The van der Waals surface area contributed by atoms with E-state index in [-0.39, 0.29) is 6.61 Å². The summed E-state index contributed by atoms with van der Waals surface area (Å²) >= 11 is 0. The average molecular weight is 287 g/mol. The van der Waals surface area contributed by atoms with Gasteiger partial charge >= 0.3 is 7.82 Å². The molecule has 0 aromatic rings. The minimum Gasteiger partial charge on any atom is -0.404 e. The van der Waals surface area contributed by atoms with Crippen molar-refractivity contribution in [1.29, 1.82) is 0 Å². The normalized spacial score (nSPS) is 13.6. The van der Waals surface area contributed by atoms with E-state index >= 15 is 0 Å². The molecule has 0 aromatic carbocycles. The van der Waals surface area contributed by atoms with Crippen molar-refractivity contribution in [3.05, 3.63) is 42.9 Å². The molecular formula is C13H22NO4P. The molecule has 1 atom stereocenters. The van der Waals surface area contributed by atoms with Crippen molar-refractivity contribution in [3.63, 3.8) is 0 Å². The Morgan fingerprint density at radius 1 is 1.26 bits per heavy atom. The van der Waals surface area contributed by atoms with Crippen molar-refractivity contribution in [2.75, 3.05) is 13.2 Å². The Bertz CT molecular complexity index is 373. The maximum absolute atomic E-state index is 11.4. The van der Waals surface area contributed by atoms with Crippen molar-refractivity contribution < 1.29 is 18.5 Å². The highest BCUT2D eigenvalue weighted by atomic mass is 31.2. The van der Waals surface area contributed by atoms with E-state index in [1.54, 1.807) is 18.2 Å². The Balaban J connectivity index is 3.79. The van der Waals surface area contributed by atoms with Crippen LogP contribution in [0.3, 0.4) is 0 Å².